The zero-order valence-electron chi connectivity index (χ0n) is 18.6. The Kier molecular flexibility index (Phi) is 6.55. The SMILES string of the molecule is CCOC(=O)C1=C(C)N=c2s/c(=C\c3ccc(-c4ccc(Cl)cc4Cl)o3)c(=O)n2C1c1cccs1. The van der Waals surface area contributed by atoms with Crippen LogP contribution in [0.4, 0.5) is 0 Å². The molecule has 178 valence electrons. The molecule has 1 aromatic carbocycles. The molecule has 0 saturated heterocycles. The third-order valence-electron chi connectivity index (χ3n) is 5.43. The van der Waals surface area contributed by atoms with Crippen molar-refractivity contribution < 1.29 is 13.9 Å². The van der Waals surface area contributed by atoms with E-state index in [1.807, 2.05) is 17.5 Å². The van der Waals surface area contributed by atoms with Crippen molar-refractivity contribution in [2.24, 2.45) is 4.99 Å². The largest absolute Gasteiger partial charge is 0.463 e. The van der Waals surface area contributed by atoms with Gasteiger partial charge < -0.3 is 9.15 Å². The molecule has 0 saturated carbocycles. The molecule has 1 atom stereocenters. The number of carbonyl (C=O) groups excluding carboxylic acids is 1. The predicted molar refractivity (Wildman–Crippen MR) is 139 cm³/mol. The first kappa shape index (κ1) is 23.8. The Morgan fingerprint density at radius 1 is 1.26 bits per heavy atom. The van der Waals surface area contributed by atoms with Gasteiger partial charge in [-0.05, 0) is 55.6 Å². The van der Waals surface area contributed by atoms with Gasteiger partial charge in [-0.25, -0.2) is 9.79 Å². The standard InChI is InChI=1S/C25H18Cl2N2O4S2/c1-3-32-24(31)21-13(2)28-25-29(22(21)19-5-4-10-34-19)23(30)20(35-25)12-15-7-9-18(33-15)16-8-6-14(26)11-17(16)27/h4-12,22H,3H2,1-2H3/b20-12-. The number of nitrogens with zero attached hydrogens (tertiary/aromatic N) is 2. The summed E-state index contributed by atoms with van der Waals surface area (Å²) in [7, 11) is 0. The molecule has 4 heterocycles. The van der Waals surface area contributed by atoms with Crippen molar-refractivity contribution >= 4 is 57.9 Å². The molecule has 0 fully saturated rings. The molecule has 1 unspecified atom stereocenters. The van der Waals surface area contributed by atoms with Gasteiger partial charge in [-0.1, -0.05) is 40.6 Å². The molecule has 6 nitrogen and oxygen atoms in total. The third kappa shape index (κ3) is 4.43. The fourth-order valence-electron chi connectivity index (χ4n) is 3.90. The van der Waals surface area contributed by atoms with E-state index in [0.717, 1.165) is 4.88 Å². The Morgan fingerprint density at radius 2 is 2.09 bits per heavy atom. The summed E-state index contributed by atoms with van der Waals surface area (Å²) in [5, 5.41) is 2.91. The normalized spacial score (nSPS) is 15.8. The Morgan fingerprint density at radius 3 is 2.80 bits per heavy atom. The van der Waals surface area contributed by atoms with Crippen LogP contribution in [-0.2, 0) is 9.53 Å². The maximum atomic E-state index is 13.6. The Hall–Kier alpha value is -2.91. The molecule has 1 aliphatic rings. The number of esters is 1. The molecule has 5 rings (SSSR count). The monoisotopic (exact) mass is 544 g/mol. The zero-order chi connectivity index (χ0) is 24.7. The lowest BCUT2D eigenvalue weighted by Crippen LogP contribution is -2.39. The number of hydrogen-bond donors (Lipinski definition) is 0. The summed E-state index contributed by atoms with van der Waals surface area (Å²) in [6.45, 7) is 3.74. The highest BCUT2D eigenvalue weighted by Crippen LogP contribution is 2.34. The highest BCUT2D eigenvalue weighted by Gasteiger charge is 2.33. The number of ether oxygens (including phenoxy) is 1. The van der Waals surface area contributed by atoms with Crippen LogP contribution in [0.3, 0.4) is 0 Å². The Labute approximate surface area is 218 Å². The lowest BCUT2D eigenvalue weighted by atomic mass is 10.0. The van der Waals surface area contributed by atoms with Crippen LogP contribution < -0.4 is 14.9 Å². The number of hydrogen-bond acceptors (Lipinski definition) is 7. The van der Waals surface area contributed by atoms with Crippen LogP contribution in [0.25, 0.3) is 17.4 Å². The van der Waals surface area contributed by atoms with E-state index < -0.39 is 12.0 Å². The van der Waals surface area contributed by atoms with Gasteiger partial charge in [-0.2, -0.15) is 0 Å². The van der Waals surface area contributed by atoms with Gasteiger partial charge in [0.1, 0.15) is 17.6 Å². The van der Waals surface area contributed by atoms with Crippen LogP contribution in [0.2, 0.25) is 10.0 Å². The topological polar surface area (TPSA) is 73.8 Å². The van der Waals surface area contributed by atoms with Gasteiger partial charge in [-0.15, -0.1) is 11.3 Å². The van der Waals surface area contributed by atoms with Crippen LogP contribution in [-0.4, -0.2) is 17.1 Å². The number of carbonyl (C=O) groups is 1. The molecule has 0 radical (unpaired) electrons. The van der Waals surface area contributed by atoms with E-state index in [0.29, 0.717) is 47.7 Å². The summed E-state index contributed by atoms with van der Waals surface area (Å²) < 4.78 is 13.2. The number of benzene rings is 1. The van der Waals surface area contributed by atoms with Crippen molar-refractivity contribution in [2.45, 2.75) is 19.9 Å². The number of halogens is 2. The molecular formula is C25H18Cl2N2O4S2. The van der Waals surface area contributed by atoms with E-state index in [4.69, 9.17) is 32.4 Å². The van der Waals surface area contributed by atoms with Crippen LogP contribution >= 0.6 is 45.9 Å². The number of furan rings is 1. The van der Waals surface area contributed by atoms with Gasteiger partial charge in [0.25, 0.3) is 5.56 Å². The second-order valence-electron chi connectivity index (χ2n) is 7.64. The fraction of sp³-hybridized carbons (Fsp3) is 0.160. The van der Waals surface area contributed by atoms with Crippen molar-refractivity contribution in [1.29, 1.82) is 0 Å². The molecule has 35 heavy (non-hydrogen) atoms. The minimum atomic E-state index is -0.604. The van der Waals surface area contributed by atoms with Gasteiger partial charge in [-0.3, -0.25) is 9.36 Å². The lowest BCUT2D eigenvalue weighted by molar-refractivity contribution is -0.139. The van der Waals surface area contributed by atoms with Gasteiger partial charge in [0.2, 0.25) is 0 Å². The second-order valence-corrected chi connectivity index (χ2v) is 10.5. The lowest BCUT2D eigenvalue weighted by Gasteiger charge is -2.23. The minimum Gasteiger partial charge on any atom is -0.463 e. The number of thiazole rings is 1. The third-order valence-corrected chi connectivity index (χ3v) is 7.88. The predicted octanol–water partition coefficient (Wildman–Crippen LogP) is 5.43. The summed E-state index contributed by atoms with van der Waals surface area (Å²) >= 11 is 15.0. The van der Waals surface area contributed by atoms with E-state index in [1.165, 1.54) is 22.7 Å². The van der Waals surface area contributed by atoms with E-state index in [2.05, 4.69) is 4.99 Å². The van der Waals surface area contributed by atoms with Crippen LogP contribution in [0.5, 0.6) is 0 Å². The number of fused-ring (bicyclic) bond motifs is 1. The molecule has 0 bridgehead atoms. The van der Waals surface area contributed by atoms with E-state index >= 15 is 0 Å². The zero-order valence-corrected chi connectivity index (χ0v) is 21.7. The molecule has 4 aromatic rings. The smallest absolute Gasteiger partial charge is 0.338 e. The molecule has 3 aromatic heterocycles. The quantitative estimate of drug-likeness (QED) is 0.314. The van der Waals surface area contributed by atoms with Crippen molar-refractivity contribution in [1.82, 2.24) is 4.57 Å². The molecule has 1 aliphatic heterocycles. The van der Waals surface area contributed by atoms with Gasteiger partial charge >= 0.3 is 5.97 Å². The van der Waals surface area contributed by atoms with Gasteiger partial charge in [0, 0.05) is 21.5 Å². The first-order chi connectivity index (χ1) is 16.9. The molecule has 0 aliphatic carbocycles. The van der Waals surface area contributed by atoms with Gasteiger partial charge in [0.15, 0.2) is 4.80 Å². The first-order valence-corrected chi connectivity index (χ1v) is 13.1. The van der Waals surface area contributed by atoms with Crippen LogP contribution in [0.15, 0.2) is 73.3 Å². The highest BCUT2D eigenvalue weighted by molar-refractivity contribution is 7.10. The highest BCUT2D eigenvalue weighted by atomic mass is 35.5. The number of thiophene rings is 1. The van der Waals surface area contributed by atoms with Crippen molar-refractivity contribution in [2.75, 3.05) is 6.61 Å². The summed E-state index contributed by atoms with van der Waals surface area (Å²) in [6.07, 6.45) is 1.67. The van der Waals surface area contributed by atoms with Crippen LogP contribution in [0, 0.1) is 0 Å². The van der Waals surface area contributed by atoms with Crippen molar-refractivity contribution in [3.63, 3.8) is 0 Å². The summed E-state index contributed by atoms with van der Waals surface area (Å²) in [4.78, 5) is 32.3. The summed E-state index contributed by atoms with van der Waals surface area (Å²) in [5.74, 6) is 0.574. The van der Waals surface area contributed by atoms with Crippen molar-refractivity contribution in [3.8, 4) is 11.3 Å². The second kappa shape index (κ2) is 9.62. The maximum Gasteiger partial charge on any atom is 0.338 e. The summed E-state index contributed by atoms with van der Waals surface area (Å²) in [6, 6.07) is 11.9. The minimum absolute atomic E-state index is 0.232. The molecule has 0 N–H and O–H groups in total. The molecule has 10 heteroatoms. The van der Waals surface area contributed by atoms with E-state index in [1.54, 1.807) is 54.8 Å². The Balaban J connectivity index is 1.62. The average Bonchev–Trinajstić information content (AvgIpc) is 3.55. The number of rotatable bonds is 5. The molecule has 0 amide bonds. The number of allylic oxidation sites excluding steroid dienone is 1. The average molecular weight is 545 g/mol. The molecular weight excluding hydrogens is 527 g/mol. The van der Waals surface area contributed by atoms with Crippen molar-refractivity contribution in [3.05, 3.63) is 99.5 Å². The number of aromatic nitrogens is 1. The molecule has 0 spiro atoms. The summed E-state index contributed by atoms with van der Waals surface area (Å²) in [5.41, 5.74) is 1.34. The van der Waals surface area contributed by atoms with E-state index in [9.17, 15) is 9.59 Å². The first-order valence-electron chi connectivity index (χ1n) is 10.7. The van der Waals surface area contributed by atoms with Crippen LogP contribution in [0.1, 0.15) is 30.5 Å². The van der Waals surface area contributed by atoms with Gasteiger partial charge in [0.05, 0.1) is 27.4 Å². The fourth-order valence-corrected chi connectivity index (χ4v) is 6.25. The maximum absolute atomic E-state index is 13.6. The Bertz CT molecular complexity index is 1640. The van der Waals surface area contributed by atoms with E-state index in [-0.39, 0.29) is 12.2 Å².